The van der Waals surface area contributed by atoms with Crippen molar-refractivity contribution in [2.24, 2.45) is 0 Å². The van der Waals surface area contributed by atoms with Gasteiger partial charge in [0.15, 0.2) is 10.8 Å². The summed E-state index contributed by atoms with van der Waals surface area (Å²) in [7, 11) is 0. The molecule has 0 bridgehead atoms. The van der Waals surface area contributed by atoms with Gasteiger partial charge in [-0.25, -0.2) is 4.98 Å². The molecular formula is C23H15BrClN5O3S3. The Morgan fingerprint density at radius 1 is 1.11 bits per heavy atom. The average molecular weight is 621 g/mol. The van der Waals surface area contributed by atoms with Crippen LogP contribution >= 0.6 is 61.5 Å². The molecule has 0 aromatic carbocycles. The fourth-order valence-electron chi connectivity index (χ4n) is 3.39. The van der Waals surface area contributed by atoms with Gasteiger partial charge in [-0.1, -0.05) is 17.7 Å². The molecule has 5 aromatic rings. The van der Waals surface area contributed by atoms with Gasteiger partial charge in [0.2, 0.25) is 0 Å². The van der Waals surface area contributed by atoms with Gasteiger partial charge in [-0.3, -0.25) is 19.0 Å². The number of nitrogens with one attached hydrogen (secondary N) is 1. The number of hydrogen-bond donors (Lipinski definition) is 1. The first kappa shape index (κ1) is 24.8. The first-order valence-corrected chi connectivity index (χ1v) is 14.1. The highest BCUT2D eigenvalue weighted by atomic mass is 79.9. The third-order valence-electron chi connectivity index (χ3n) is 5.08. The number of anilines is 1. The maximum Gasteiger partial charge on any atom is 0.309 e. The number of carbonyl (C=O) groups is 2. The van der Waals surface area contributed by atoms with Crippen LogP contribution in [-0.4, -0.2) is 31.0 Å². The van der Waals surface area contributed by atoms with Gasteiger partial charge in [-0.2, -0.15) is 9.78 Å². The molecule has 36 heavy (non-hydrogen) atoms. The Kier molecular flexibility index (Phi) is 7.30. The summed E-state index contributed by atoms with van der Waals surface area (Å²) in [6.07, 6.45) is 1.56. The highest BCUT2D eigenvalue weighted by Gasteiger charge is 2.22. The summed E-state index contributed by atoms with van der Waals surface area (Å²) in [5, 5.41) is 11.6. The van der Waals surface area contributed by atoms with Gasteiger partial charge in [-0.15, -0.1) is 34.0 Å². The number of nitrogens with zero attached hydrogens (tertiary/aromatic N) is 4. The summed E-state index contributed by atoms with van der Waals surface area (Å²) in [6, 6.07) is 11.9. The molecule has 0 spiro atoms. The molecule has 0 atom stereocenters. The van der Waals surface area contributed by atoms with Crippen LogP contribution < -0.4 is 10.9 Å². The lowest BCUT2D eigenvalue weighted by Crippen LogP contribution is -2.24. The first-order chi connectivity index (χ1) is 17.4. The Labute approximate surface area is 230 Å². The molecule has 0 aliphatic carbocycles. The fraction of sp³-hybridized carbons (Fsp3) is 0.0870. The molecule has 1 N–H and O–H groups in total. The molecule has 5 aromatic heterocycles. The number of halogens is 2. The zero-order valence-corrected chi connectivity index (χ0v) is 23.0. The van der Waals surface area contributed by atoms with Gasteiger partial charge in [0, 0.05) is 34.2 Å². The van der Waals surface area contributed by atoms with Crippen LogP contribution in [0.5, 0.6) is 0 Å². The molecule has 8 nitrogen and oxygen atoms in total. The molecule has 13 heteroatoms. The first-order valence-electron chi connectivity index (χ1n) is 10.4. The highest BCUT2D eigenvalue weighted by molar-refractivity contribution is 9.10. The van der Waals surface area contributed by atoms with Crippen LogP contribution in [0.1, 0.15) is 24.4 Å². The minimum absolute atomic E-state index is 0.128. The van der Waals surface area contributed by atoms with Gasteiger partial charge in [0.25, 0.3) is 5.56 Å². The summed E-state index contributed by atoms with van der Waals surface area (Å²) in [4.78, 5) is 44.1. The molecule has 0 radical (unpaired) electrons. The lowest BCUT2D eigenvalue weighted by Gasteiger charge is -2.10. The predicted molar refractivity (Wildman–Crippen MR) is 147 cm³/mol. The number of rotatable bonds is 8. The zero-order valence-electron chi connectivity index (χ0n) is 18.2. The molecule has 5 heterocycles. The summed E-state index contributed by atoms with van der Waals surface area (Å²) in [5.41, 5.74) is 0.666. The normalized spacial score (nSPS) is 11.1. The smallest absolute Gasteiger partial charge is 0.309 e. The molecular weight excluding hydrogens is 606 g/mol. The minimum Gasteiger partial charge on any atom is -0.365 e. The van der Waals surface area contributed by atoms with Gasteiger partial charge < -0.3 is 5.32 Å². The van der Waals surface area contributed by atoms with E-state index in [9.17, 15) is 14.4 Å². The van der Waals surface area contributed by atoms with Crippen molar-refractivity contribution in [3.8, 4) is 11.3 Å². The third kappa shape index (κ3) is 5.13. The second-order valence-electron chi connectivity index (χ2n) is 7.39. The number of thiazole rings is 1. The lowest BCUT2D eigenvalue weighted by molar-refractivity contribution is 0.0945. The molecule has 0 fully saturated rings. The van der Waals surface area contributed by atoms with Crippen molar-refractivity contribution in [2.45, 2.75) is 13.1 Å². The van der Waals surface area contributed by atoms with Gasteiger partial charge >= 0.3 is 5.91 Å². The summed E-state index contributed by atoms with van der Waals surface area (Å²) >= 11 is 13.5. The van der Waals surface area contributed by atoms with E-state index < -0.39 is 0 Å². The quantitative estimate of drug-likeness (QED) is 0.172. The molecule has 0 saturated heterocycles. The Bertz CT molecular complexity index is 1610. The number of ketones is 1. The van der Waals surface area contributed by atoms with Crippen molar-refractivity contribution in [3.63, 3.8) is 0 Å². The van der Waals surface area contributed by atoms with Crippen LogP contribution in [0.4, 0.5) is 5.82 Å². The van der Waals surface area contributed by atoms with E-state index in [-0.39, 0.29) is 28.8 Å². The van der Waals surface area contributed by atoms with E-state index >= 15 is 0 Å². The van der Waals surface area contributed by atoms with E-state index in [1.165, 1.54) is 49.3 Å². The van der Waals surface area contributed by atoms with E-state index in [0.717, 1.165) is 4.88 Å². The van der Waals surface area contributed by atoms with E-state index in [1.54, 1.807) is 35.8 Å². The highest BCUT2D eigenvalue weighted by Crippen LogP contribution is 2.30. The van der Waals surface area contributed by atoms with Crippen molar-refractivity contribution in [3.05, 3.63) is 93.5 Å². The average Bonchev–Trinajstić information content (AvgIpc) is 3.67. The largest absolute Gasteiger partial charge is 0.365 e. The van der Waals surface area contributed by atoms with Crippen LogP contribution in [0.15, 0.2) is 68.8 Å². The summed E-state index contributed by atoms with van der Waals surface area (Å²) in [6.45, 7) is 0.306. The van der Waals surface area contributed by atoms with Crippen molar-refractivity contribution >= 4 is 79.0 Å². The number of hydrogen-bond acceptors (Lipinski definition) is 9. The van der Waals surface area contributed by atoms with Crippen LogP contribution in [0.25, 0.3) is 11.3 Å². The molecule has 182 valence electrons. The SMILES string of the molecule is O=C(Cn1c(Br)c(-c2cc(NCc3ccc(Cl)s3)n(C(=O)c3nccs3)n2)ccc1=O)c1cccs1. The molecule has 0 aliphatic heterocycles. The maximum atomic E-state index is 13.2. The number of carbonyl (C=O) groups excluding carboxylic acids is 2. The van der Waals surface area contributed by atoms with E-state index in [1.807, 2.05) is 17.5 Å². The zero-order chi connectivity index (χ0) is 25.2. The predicted octanol–water partition coefficient (Wildman–Crippen LogP) is 5.89. The van der Waals surface area contributed by atoms with Gasteiger partial charge in [0.05, 0.1) is 32.6 Å². The Hall–Kier alpha value is -2.90. The fourth-order valence-corrected chi connectivity index (χ4v) is 6.27. The Morgan fingerprint density at radius 2 is 1.97 bits per heavy atom. The molecule has 0 aliphatic rings. The van der Waals surface area contributed by atoms with Crippen molar-refractivity contribution in [1.29, 1.82) is 0 Å². The van der Waals surface area contributed by atoms with Crippen LogP contribution in [0.2, 0.25) is 4.34 Å². The standard InChI is InChI=1S/C23H15BrClN5O3S3/c24-21-14(4-6-20(32)29(21)12-16(31)17-2-1-8-34-17)15-10-19(27-11-13-3-5-18(25)36-13)30(28-15)23(33)22-26-7-9-35-22/h1-10,27H,11-12H2. The van der Waals surface area contributed by atoms with Gasteiger partial charge in [0.1, 0.15) is 5.82 Å². The van der Waals surface area contributed by atoms with E-state index in [0.29, 0.717) is 37.4 Å². The van der Waals surface area contributed by atoms with E-state index in [2.05, 4.69) is 31.3 Å². The van der Waals surface area contributed by atoms with Crippen molar-refractivity contribution in [1.82, 2.24) is 19.3 Å². The van der Waals surface area contributed by atoms with Crippen molar-refractivity contribution < 1.29 is 9.59 Å². The van der Waals surface area contributed by atoms with Crippen LogP contribution in [0.3, 0.4) is 0 Å². The molecule has 5 rings (SSSR count). The van der Waals surface area contributed by atoms with Crippen LogP contribution in [-0.2, 0) is 13.1 Å². The lowest BCUT2D eigenvalue weighted by atomic mass is 10.2. The van der Waals surface area contributed by atoms with Crippen molar-refractivity contribution in [2.75, 3.05) is 5.32 Å². The monoisotopic (exact) mass is 619 g/mol. The molecule has 0 saturated carbocycles. The Morgan fingerprint density at radius 3 is 2.67 bits per heavy atom. The number of Topliss-reactive ketones (excluding diaryl/α,β-unsaturated/α-hetero) is 1. The molecule has 0 amide bonds. The van der Waals surface area contributed by atoms with E-state index in [4.69, 9.17) is 11.6 Å². The number of thiophene rings is 2. The summed E-state index contributed by atoms with van der Waals surface area (Å²) < 4.78 is 3.66. The number of aromatic nitrogens is 4. The molecule has 0 unspecified atom stereocenters. The number of pyridine rings is 1. The topological polar surface area (TPSA) is 98.9 Å². The second-order valence-corrected chi connectivity index (χ2v) is 11.8. The summed E-state index contributed by atoms with van der Waals surface area (Å²) in [5.74, 6) is -0.110. The van der Waals surface area contributed by atoms with Gasteiger partial charge in [-0.05, 0) is 45.6 Å². The maximum absolute atomic E-state index is 13.2. The third-order valence-corrected chi connectivity index (χ3v) is 8.84. The minimum atomic E-state index is -0.389. The Balaban J connectivity index is 1.52. The van der Waals surface area contributed by atoms with Crippen LogP contribution in [0, 0.1) is 0 Å². The second kappa shape index (κ2) is 10.6.